The maximum absolute atomic E-state index is 7.23. The summed E-state index contributed by atoms with van der Waals surface area (Å²) in [6, 6.07) is 25.7. The largest absolute Gasteiger partial charge is 0.395 e. The molecule has 0 radical (unpaired) electrons. The Bertz CT molecular complexity index is 2150. The lowest BCUT2D eigenvalue weighted by molar-refractivity contribution is 0.917. The van der Waals surface area contributed by atoms with Crippen LogP contribution in [0.4, 0.5) is 0 Å². The van der Waals surface area contributed by atoms with Gasteiger partial charge in [-0.25, -0.2) is 0 Å². The summed E-state index contributed by atoms with van der Waals surface area (Å²) in [5, 5.41) is 10.6. The molecule has 0 bridgehead atoms. The molecule has 1 aliphatic heterocycles. The van der Waals surface area contributed by atoms with Crippen LogP contribution in [0.15, 0.2) is 150 Å². The Morgan fingerprint density at radius 3 is 2.51 bits per heavy atom. The van der Waals surface area contributed by atoms with Crippen LogP contribution < -0.4 is 11.1 Å². The molecule has 45 heavy (non-hydrogen) atoms. The first-order chi connectivity index (χ1) is 22.1. The van der Waals surface area contributed by atoms with Crippen LogP contribution in [0, 0.1) is 0 Å². The highest BCUT2D eigenvalue weighted by Crippen LogP contribution is 2.41. The molecule has 1 aliphatic rings. The molecule has 222 valence electrons. The Labute approximate surface area is 269 Å². The zero-order valence-corrected chi connectivity index (χ0v) is 26.6. The third kappa shape index (κ3) is 5.61. The minimum atomic E-state index is 0.594. The van der Waals surface area contributed by atoms with Crippen molar-refractivity contribution in [2.75, 3.05) is 6.54 Å². The maximum atomic E-state index is 7.23. The van der Waals surface area contributed by atoms with Crippen LogP contribution in [-0.4, -0.2) is 11.1 Å². The fourth-order valence-corrected chi connectivity index (χ4v) is 6.86. The van der Waals surface area contributed by atoms with E-state index in [9.17, 15) is 0 Å². The average Bonchev–Trinajstić information content (AvgIpc) is 3.40. The smallest absolute Gasteiger partial charge is 0.135 e. The lowest BCUT2D eigenvalue weighted by Gasteiger charge is -2.20. The number of fused-ring (bicyclic) bond motifs is 6. The van der Waals surface area contributed by atoms with E-state index in [1.165, 1.54) is 26.4 Å². The van der Waals surface area contributed by atoms with Crippen molar-refractivity contribution >= 4 is 67.9 Å². The fraction of sp³-hybridized carbons (Fsp3) is 0.0732. The molecule has 3 N–H and O–H groups in total. The van der Waals surface area contributed by atoms with Gasteiger partial charge in [-0.2, -0.15) is 0 Å². The molecule has 1 aromatic heterocycles. The van der Waals surface area contributed by atoms with Crippen molar-refractivity contribution in [3.05, 3.63) is 162 Å². The second-order valence-electron chi connectivity index (χ2n) is 10.8. The van der Waals surface area contributed by atoms with Gasteiger partial charge in [0.25, 0.3) is 0 Å². The number of nitrogens with zero attached hydrogens (tertiary/aromatic N) is 1. The summed E-state index contributed by atoms with van der Waals surface area (Å²) in [6.45, 7) is 13.2. The normalized spacial score (nSPS) is 16.2. The molecule has 6 rings (SSSR count). The number of nitrogens with one attached hydrogen (secondary N) is 1. The number of hydrogen-bond donors (Lipinski definition) is 2. The first kappa shape index (κ1) is 29.9. The van der Waals surface area contributed by atoms with Gasteiger partial charge in [-0.3, -0.25) is 4.57 Å². The molecule has 0 unspecified atom stereocenters. The second kappa shape index (κ2) is 13.2. The third-order valence-corrected chi connectivity index (χ3v) is 8.95. The highest BCUT2D eigenvalue weighted by atomic mass is 32.2. The Kier molecular flexibility index (Phi) is 8.77. The lowest BCUT2D eigenvalue weighted by Crippen LogP contribution is -2.23. The topological polar surface area (TPSA) is 43.0 Å². The number of allylic oxidation sites excluding steroid dienone is 7. The van der Waals surface area contributed by atoms with Gasteiger partial charge in [-0.15, -0.1) is 0 Å². The lowest BCUT2D eigenvalue weighted by atomic mass is 9.97. The fourth-order valence-electron chi connectivity index (χ4n) is 6.02. The van der Waals surface area contributed by atoms with Crippen molar-refractivity contribution in [3.63, 3.8) is 0 Å². The monoisotopic (exact) mass is 603 g/mol. The summed E-state index contributed by atoms with van der Waals surface area (Å²) in [5.74, 6) is 0.816. The van der Waals surface area contributed by atoms with E-state index in [4.69, 9.17) is 5.73 Å². The predicted molar refractivity (Wildman–Crippen MR) is 200 cm³/mol. The Morgan fingerprint density at radius 2 is 1.69 bits per heavy atom. The molecule has 0 aliphatic carbocycles. The molecule has 4 aromatic carbocycles. The highest BCUT2D eigenvalue weighted by molar-refractivity contribution is 8.02. The van der Waals surface area contributed by atoms with Crippen molar-refractivity contribution in [1.82, 2.24) is 9.88 Å². The van der Waals surface area contributed by atoms with Gasteiger partial charge in [-0.05, 0) is 82.6 Å². The van der Waals surface area contributed by atoms with E-state index in [0.717, 1.165) is 44.7 Å². The van der Waals surface area contributed by atoms with Gasteiger partial charge in [0.15, 0.2) is 0 Å². The highest BCUT2D eigenvalue weighted by Gasteiger charge is 2.22. The molecule has 0 saturated carbocycles. The molecule has 0 atom stereocenters. The van der Waals surface area contributed by atoms with Gasteiger partial charge in [0.2, 0.25) is 0 Å². The molecule has 0 spiro atoms. The summed E-state index contributed by atoms with van der Waals surface area (Å²) in [5.41, 5.74) is 15.2. The molecular weight excluding hydrogens is 567 g/mol. The third-order valence-electron chi connectivity index (χ3n) is 8.07. The van der Waals surface area contributed by atoms with Crippen LogP contribution in [0.2, 0.25) is 0 Å². The van der Waals surface area contributed by atoms with Crippen LogP contribution in [-0.2, 0) is 0 Å². The van der Waals surface area contributed by atoms with E-state index in [1.54, 1.807) is 11.8 Å². The number of nitrogens with two attached hydrogens (primary N) is 1. The van der Waals surface area contributed by atoms with Crippen LogP contribution in [0.5, 0.6) is 0 Å². The van der Waals surface area contributed by atoms with E-state index >= 15 is 0 Å². The zero-order valence-electron chi connectivity index (χ0n) is 25.8. The summed E-state index contributed by atoms with van der Waals surface area (Å²) >= 11 is 1.68. The van der Waals surface area contributed by atoms with Gasteiger partial charge in [0.1, 0.15) is 5.82 Å². The molecule has 4 heteroatoms. The van der Waals surface area contributed by atoms with Gasteiger partial charge in [0.05, 0.1) is 16.7 Å². The molecule has 5 aromatic rings. The van der Waals surface area contributed by atoms with Crippen molar-refractivity contribution in [3.8, 4) is 0 Å². The first-order valence-corrected chi connectivity index (χ1v) is 16.0. The van der Waals surface area contributed by atoms with E-state index < -0.39 is 0 Å². The number of aromatic nitrogens is 1. The number of rotatable bonds is 8. The maximum Gasteiger partial charge on any atom is 0.135 e. The summed E-state index contributed by atoms with van der Waals surface area (Å²) in [7, 11) is 0. The van der Waals surface area contributed by atoms with Crippen LogP contribution in [0.1, 0.15) is 30.5 Å². The Morgan fingerprint density at radius 1 is 0.911 bits per heavy atom. The Hall–Kier alpha value is -5.19. The van der Waals surface area contributed by atoms with Crippen molar-refractivity contribution in [1.29, 1.82) is 0 Å². The van der Waals surface area contributed by atoms with E-state index in [0.29, 0.717) is 12.2 Å². The van der Waals surface area contributed by atoms with Crippen molar-refractivity contribution in [2.24, 2.45) is 5.73 Å². The quantitative estimate of drug-likeness (QED) is 0.173. The number of benzene rings is 4. The van der Waals surface area contributed by atoms with Crippen LogP contribution in [0.25, 0.3) is 56.1 Å². The zero-order chi connectivity index (χ0) is 31.3. The molecule has 2 heterocycles. The minimum Gasteiger partial charge on any atom is -0.395 e. The first-order valence-electron chi connectivity index (χ1n) is 15.2. The molecule has 0 saturated heterocycles. The molecule has 0 fully saturated rings. The van der Waals surface area contributed by atoms with E-state index in [1.807, 2.05) is 31.2 Å². The van der Waals surface area contributed by atoms with Gasteiger partial charge in [-0.1, -0.05) is 122 Å². The number of thioether (sulfide) groups is 1. The summed E-state index contributed by atoms with van der Waals surface area (Å²) < 4.78 is 2.28. The van der Waals surface area contributed by atoms with Crippen LogP contribution >= 0.6 is 11.8 Å². The average molecular weight is 604 g/mol. The van der Waals surface area contributed by atoms with Crippen molar-refractivity contribution in [2.45, 2.75) is 18.7 Å². The van der Waals surface area contributed by atoms with Gasteiger partial charge in [0, 0.05) is 27.8 Å². The predicted octanol–water partition coefficient (Wildman–Crippen LogP) is 10.7. The minimum absolute atomic E-state index is 0.594. The van der Waals surface area contributed by atoms with E-state index in [-0.39, 0.29) is 0 Å². The van der Waals surface area contributed by atoms with Crippen molar-refractivity contribution < 1.29 is 0 Å². The molecule has 3 nitrogen and oxygen atoms in total. The second-order valence-corrected chi connectivity index (χ2v) is 11.8. The SMILES string of the molecule is C=Cc1ccc2c(c1/C=C\C)c1c3ccccc3ccc1n2\C(NC/C=C\C=C/C)=C(N)/C1=C/C(=C)c2ccccc2S/C=C\1. The van der Waals surface area contributed by atoms with Crippen LogP contribution in [0.3, 0.4) is 0 Å². The van der Waals surface area contributed by atoms with Gasteiger partial charge < -0.3 is 11.1 Å². The summed E-state index contributed by atoms with van der Waals surface area (Å²) in [6.07, 6.45) is 18.6. The van der Waals surface area contributed by atoms with E-state index in [2.05, 4.69) is 139 Å². The standard InChI is InChI=1S/C41H37N3S/c1-5-8-9-14-25-43-41(40(42)31-24-26-45-37-19-13-12-17-32(37)28(4)27-31)44-35-22-20-29(7-3)33(15-6-2)38(35)39-34-18-11-10-16-30(34)21-23-36(39)44/h5-24,26-27,43H,3-4,25,42H2,1-2H3/b8-5-,14-9-,15-6-,26-24-,31-27+,41-40+. The van der Waals surface area contributed by atoms with Gasteiger partial charge >= 0.3 is 0 Å². The Balaban J connectivity index is 1.69. The summed E-state index contributed by atoms with van der Waals surface area (Å²) in [4.78, 5) is 1.17. The molecule has 0 amide bonds. The number of hydrogen-bond acceptors (Lipinski definition) is 3. The molecular formula is C41H37N3S.